The first-order valence-electron chi connectivity index (χ1n) is 5.31. The Labute approximate surface area is 118 Å². The van der Waals surface area contributed by atoms with Crippen LogP contribution >= 0.6 is 22.6 Å². The quantitative estimate of drug-likeness (QED) is 0.493. The Bertz CT molecular complexity index is 527. The van der Waals surface area contributed by atoms with Crippen LogP contribution < -0.4 is 9.64 Å². The number of rotatable bonds is 2. The van der Waals surface area contributed by atoms with Gasteiger partial charge in [-0.15, -0.1) is 0 Å². The van der Waals surface area contributed by atoms with Crippen LogP contribution in [0.4, 0.5) is 5.69 Å². The smallest absolute Gasteiger partial charge is 0.230 e. The van der Waals surface area contributed by atoms with Crippen LogP contribution in [0.15, 0.2) is 18.2 Å². The Morgan fingerprint density at radius 1 is 1.61 bits per heavy atom. The molecule has 2 rings (SSSR count). The highest BCUT2D eigenvalue weighted by Crippen LogP contribution is 2.33. The average molecular weight is 358 g/mol. The van der Waals surface area contributed by atoms with Crippen molar-refractivity contribution in [3.8, 4) is 11.8 Å². The molecule has 1 N–H and O–H groups in total. The van der Waals surface area contributed by atoms with Gasteiger partial charge in [0, 0.05) is 11.8 Å². The number of carbonyl (C=O) groups is 1. The molecule has 94 valence electrons. The van der Waals surface area contributed by atoms with E-state index < -0.39 is 6.10 Å². The summed E-state index contributed by atoms with van der Waals surface area (Å²) in [4.78, 5) is 13.3. The Kier molecular flexibility index (Phi) is 3.73. The van der Waals surface area contributed by atoms with Crippen LogP contribution in [0.1, 0.15) is 12.0 Å². The summed E-state index contributed by atoms with van der Waals surface area (Å²) in [5.74, 6) is 0.293. The summed E-state index contributed by atoms with van der Waals surface area (Å²) in [6.45, 7) is 0. The monoisotopic (exact) mass is 358 g/mol. The Balaban J connectivity index is 2.41. The molecule has 1 aliphatic heterocycles. The standard InChI is InChI=1S/C12H11IN2O3/c1-18-10-4-8(3-2-7(10)6-14)15-11(17)5-9(16)12(15)13/h2-4,9,12,16H,5H2,1H3/t9-,12-/m1/s1. The number of nitriles is 1. The van der Waals surface area contributed by atoms with Gasteiger partial charge >= 0.3 is 0 Å². The van der Waals surface area contributed by atoms with Gasteiger partial charge in [-0.2, -0.15) is 5.26 Å². The molecule has 6 heteroatoms. The number of aliphatic hydroxyl groups excluding tert-OH is 1. The molecule has 18 heavy (non-hydrogen) atoms. The van der Waals surface area contributed by atoms with Crippen molar-refractivity contribution in [3.63, 3.8) is 0 Å². The molecular weight excluding hydrogens is 347 g/mol. The van der Waals surface area contributed by atoms with Crippen LogP contribution in [0.5, 0.6) is 5.75 Å². The second-order valence-electron chi connectivity index (χ2n) is 3.90. The van der Waals surface area contributed by atoms with Crippen molar-refractivity contribution in [3.05, 3.63) is 23.8 Å². The van der Waals surface area contributed by atoms with Crippen molar-refractivity contribution >= 4 is 34.2 Å². The molecule has 0 saturated carbocycles. The van der Waals surface area contributed by atoms with Crippen LogP contribution in [0.25, 0.3) is 0 Å². The van der Waals surface area contributed by atoms with Crippen molar-refractivity contribution in [2.45, 2.75) is 16.6 Å². The highest BCUT2D eigenvalue weighted by Gasteiger charge is 2.38. The van der Waals surface area contributed by atoms with E-state index >= 15 is 0 Å². The minimum atomic E-state index is -0.667. The van der Waals surface area contributed by atoms with Gasteiger partial charge < -0.3 is 9.84 Å². The SMILES string of the molecule is COc1cc(N2C(=O)C[C@@H](O)[C@@H]2I)ccc1C#N. The van der Waals surface area contributed by atoms with E-state index in [1.807, 2.05) is 28.7 Å². The molecule has 1 fully saturated rings. The van der Waals surface area contributed by atoms with Crippen LogP contribution in [0.3, 0.4) is 0 Å². The topological polar surface area (TPSA) is 73.6 Å². The zero-order valence-corrected chi connectivity index (χ0v) is 11.8. The summed E-state index contributed by atoms with van der Waals surface area (Å²) >= 11 is 2.03. The zero-order chi connectivity index (χ0) is 13.3. The van der Waals surface area contributed by atoms with Gasteiger partial charge in [0.1, 0.15) is 15.9 Å². The molecular formula is C12H11IN2O3. The predicted octanol–water partition coefficient (Wildman–Crippen LogP) is 1.43. The number of hydrogen-bond donors (Lipinski definition) is 1. The highest BCUT2D eigenvalue weighted by molar-refractivity contribution is 14.1. The fourth-order valence-corrected chi connectivity index (χ4v) is 2.78. The van der Waals surface area contributed by atoms with Crippen LogP contribution in [0.2, 0.25) is 0 Å². The fraction of sp³-hybridized carbons (Fsp3) is 0.333. The molecule has 2 atom stereocenters. The molecule has 5 nitrogen and oxygen atoms in total. The summed E-state index contributed by atoms with van der Waals surface area (Å²) < 4.78 is 4.81. The van der Waals surface area contributed by atoms with Crippen LogP contribution in [-0.4, -0.2) is 28.3 Å². The number of benzene rings is 1. The number of carbonyl (C=O) groups excluding carboxylic acids is 1. The van der Waals surface area contributed by atoms with Crippen molar-refractivity contribution < 1.29 is 14.6 Å². The second-order valence-corrected chi connectivity index (χ2v) is 5.18. The molecule has 1 saturated heterocycles. The summed E-state index contributed by atoms with van der Waals surface area (Å²) in [6.07, 6.45) is -0.546. The lowest BCUT2D eigenvalue weighted by Gasteiger charge is -2.22. The van der Waals surface area contributed by atoms with Crippen molar-refractivity contribution in [1.29, 1.82) is 5.26 Å². The van der Waals surface area contributed by atoms with Gasteiger partial charge in [-0.1, -0.05) is 22.6 Å². The number of halogens is 1. The molecule has 0 spiro atoms. The number of nitrogens with zero attached hydrogens (tertiary/aromatic N) is 2. The molecule has 0 aliphatic carbocycles. The van der Waals surface area contributed by atoms with Gasteiger partial charge in [-0.05, 0) is 12.1 Å². The van der Waals surface area contributed by atoms with E-state index in [0.717, 1.165) is 0 Å². The fourth-order valence-electron chi connectivity index (χ4n) is 1.89. The molecule has 1 aliphatic rings. The van der Waals surface area contributed by atoms with Gasteiger partial charge in [-0.3, -0.25) is 9.69 Å². The van der Waals surface area contributed by atoms with E-state index in [9.17, 15) is 9.90 Å². The summed E-state index contributed by atoms with van der Waals surface area (Å²) in [5.41, 5.74) is 1.05. The maximum atomic E-state index is 11.8. The van der Waals surface area contributed by atoms with Crippen molar-refractivity contribution in [2.75, 3.05) is 12.0 Å². The zero-order valence-electron chi connectivity index (χ0n) is 9.63. The third kappa shape index (κ3) is 2.15. The van der Waals surface area contributed by atoms with E-state index in [-0.39, 0.29) is 16.4 Å². The number of ether oxygens (including phenoxy) is 1. The van der Waals surface area contributed by atoms with Crippen LogP contribution in [0, 0.1) is 11.3 Å². The average Bonchev–Trinajstić information content (AvgIpc) is 2.62. The molecule has 0 radical (unpaired) electrons. The lowest BCUT2D eigenvalue weighted by molar-refractivity contribution is -0.117. The molecule has 1 amide bonds. The molecule has 0 bridgehead atoms. The lowest BCUT2D eigenvalue weighted by atomic mass is 10.2. The van der Waals surface area contributed by atoms with Gasteiger partial charge in [0.25, 0.3) is 0 Å². The Morgan fingerprint density at radius 2 is 2.33 bits per heavy atom. The minimum Gasteiger partial charge on any atom is -0.495 e. The second kappa shape index (κ2) is 5.12. The third-order valence-electron chi connectivity index (χ3n) is 2.80. The van der Waals surface area contributed by atoms with Crippen molar-refractivity contribution in [2.24, 2.45) is 0 Å². The van der Waals surface area contributed by atoms with Gasteiger partial charge in [0.15, 0.2) is 0 Å². The van der Waals surface area contributed by atoms with Gasteiger partial charge in [0.05, 0.1) is 25.2 Å². The van der Waals surface area contributed by atoms with E-state index in [4.69, 9.17) is 10.00 Å². The summed E-state index contributed by atoms with van der Waals surface area (Å²) in [5, 5.41) is 18.6. The first-order valence-corrected chi connectivity index (χ1v) is 6.55. The first kappa shape index (κ1) is 13.1. The number of anilines is 1. The molecule has 0 unspecified atom stereocenters. The maximum Gasteiger partial charge on any atom is 0.230 e. The molecule has 1 aromatic carbocycles. The highest BCUT2D eigenvalue weighted by atomic mass is 127. The van der Waals surface area contributed by atoms with E-state index in [0.29, 0.717) is 17.0 Å². The minimum absolute atomic E-state index is 0.121. The van der Waals surface area contributed by atoms with E-state index in [2.05, 4.69) is 0 Å². The molecule has 1 heterocycles. The Morgan fingerprint density at radius 3 is 2.83 bits per heavy atom. The predicted molar refractivity (Wildman–Crippen MR) is 73.6 cm³/mol. The number of amides is 1. The normalized spacial score (nSPS) is 23.0. The lowest BCUT2D eigenvalue weighted by Crippen LogP contribution is -2.31. The largest absolute Gasteiger partial charge is 0.495 e. The number of aliphatic hydroxyl groups is 1. The van der Waals surface area contributed by atoms with Crippen molar-refractivity contribution in [1.82, 2.24) is 0 Å². The molecule has 1 aromatic rings. The van der Waals surface area contributed by atoms with E-state index in [1.54, 1.807) is 18.2 Å². The maximum absolute atomic E-state index is 11.8. The number of methoxy groups -OCH3 is 1. The number of hydrogen-bond acceptors (Lipinski definition) is 4. The van der Waals surface area contributed by atoms with Crippen LogP contribution in [-0.2, 0) is 4.79 Å². The first-order chi connectivity index (χ1) is 8.58. The number of alkyl halides is 1. The summed E-state index contributed by atoms with van der Waals surface area (Å²) in [7, 11) is 1.47. The van der Waals surface area contributed by atoms with Gasteiger partial charge in [-0.25, -0.2) is 0 Å². The summed E-state index contributed by atoms with van der Waals surface area (Å²) in [6, 6.07) is 6.94. The third-order valence-corrected chi connectivity index (χ3v) is 4.19. The molecule has 0 aromatic heterocycles. The van der Waals surface area contributed by atoms with Gasteiger partial charge in [0.2, 0.25) is 5.91 Å². The van der Waals surface area contributed by atoms with E-state index in [1.165, 1.54) is 12.0 Å². The Hall–Kier alpha value is -1.33.